The zero-order valence-corrected chi connectivity index (χ0v) is 18.1. The Labute approximate surface area is 182 Å². The maximum absolute atomic E-state index is 12.7. The summed E-state index contributed by atoms with van der Waals surface area (Å²) in [7, 11) is 0. The Morgan fingerprint density at radius 1 is 1.17 bits per heavy atom. The molecule has 1 aromatic rings. The van der Waals surface area contributed by atoms with E-state index in [2.05, 4.69) is 50.0 Å². The van der Waals surface area contributed by atoms with E-state index in [0.29, 0.717) is 51.6 Å². The van der Waals surface area contributed by atoms with Crippen LogP contribution >= 0.6 is 15.9 Å². The molecular formula is C19H25BrN6O4. The van der Waals surface area contributed by atoms with Crippen molar-refractivity contribution in [2.24, 2.45) is 9.98 Å². The molecule has 1 aliphatic carbocycles. The van der Waals surface area contributed by atoms with E-state index >= 15 is 0 Å². The van der Waals surface area contributed by atoms with Gasteiger partial charge >= 0.3 is 6.03 Å². The van der Waals surface area contributed by atoms with Crippen LogP contribution in [0.15, 0.2) is 26.7 Å². The molecule has 1 saturated heterocycles. The molecule has 3 aliphatic rings. The van der Waals surface area contributed by atoms with Crippen molar-refractivity contribution in [2.45, 2.75) is 30.2 Å². The van der Waals surface area contributed by atoms with Crippen LogP contribution in [-0.2, 0) is 9.47 Å². The highest BCUT2D eigenvalue weighted by Crippen LogP contribution is 2.48. The Morgan fingerprint density at radius 2 is 1.93 bits per heavy atom. The number of hydrogen-bond donors (Lipinski definition) is 2. The standard InChI is InChI=1S/C19H25BrN6O4/c1-21-5-7-29-9-10-30-8-6-25-18(28)24-16-15-13(11-19(16,25)22-2)26-12(17(27)23-15)3-4-14(26)20/h3-4,13,15-16H,1-2,5-11H2,(H,23,27)(H,24,28)/t13-,15-,16+,19-/m1/s1. The SMILES string of the molecule is C=NCCOCCOCCN1C(=O)N[C@H]2[C@@H]3NC(=O)c4ccc(Br)n4[C@@H]3C[C@]21N=C. The summed E-state index contributed by atoms with van der Waals surface area (Å²) >= 11 is 3.54. The van der Waals surface area contributed by atoms with E-state index in [1.165, 1.54) is 0 Å². The lowest BCUT2D eigenvalue weighted by Gasteiger charge is -2.33. The van der Waals surface area contributed by atoms with E-state index in [1.54, 1.807) is 11.0 Å². The third-order valence-corrected chi connectivity index (χ3v) is 6.65. The number of carbonyl (C=O) groups is 2. The van der Waals surface area contributed by atoms with E-state index in [0.717, 1.165) is 4.60 Å². The molecule has 10 nitrogen and oxygen atoms in total. The zero-order chi connectivity index (χ0) is 21.3. The number of fused-ring (bicyclic) bond motifs is 5. The molecule has 0 unspecified atom stereocenters. The predicted octanol–water partition coefficient (Wildman–Crippen LogP) is 0.832. The second kappa shape index (κ2) is 8.48. The number of amides is 3. The van der Waals surface area contributed by atoms with Crippen molar-refractivity contribution in [1.29, 1.82) is 0 Å². The largest absolute Gasteiger partial charge is 0.377 e. The Kier molecular flexibility index (Phi) is 5.94. The molecule has 4 rings (SSSR count). The molecular weight excluding hydrogens is 456 g/mol. The van der Waals surface area contributed by atoms with Gasteiger partial charge in [-0.05, 0) is 41.5 Å². The van der Waals surface area contributed by atoms with Crippen LogP contribution < -0.4 is 10.6 Å². The first-order valence-corrected chi connectivity index (χ1v) is 10.6. The Hall–Kier alpha value is -2.24. The Morgan fingerprint density at radius 3 is 2.67 bits per heavy atom. The van der Waals surface area contributed by atoms with Gasteiger partial charge in [-0.15, -0.1) is 0 Å². The first-order chi connectivity index (χ1) is 14.5. The normalized spacial score (nSPS) is 29.1. The number of urea groups is 1. The minimum Gasteiger partial charge on any atom is -0.377 e. The van der Waals surface area contributed by atoms with Crippen LogP contribution in [0.25, 0.3) is 0 Å². The minimum atomic E-state index is -0.847. The molecule has 2 fully saturated rings. The van der Waals surface area contributed by atoms with Gasteiger partial charge in [-0.2, -0.15) is 0 Å². The summed E-state index contributed by atoms with van der Waals surface area (Å²) in [6.07, 6.45) is 0.544. The van der Waals surface area contributed by atoms with E-state index in [-0.39, 0.29) is 30.1 Å². The van der Waals surface area contributed by atoms with Crippen LogP contribution in [0.1, 0.15) is 23.0 Å². The number of aliphatic imine (C=N–C) groups is 2. The topological polar surface area (TPSA) is 110 Å². The fourth-order valence-electron chi connectivity index (χ4n) is 4.69. The van der Waals surface area contributed by atoms with Crippen LogP contribution in [0.5, 0.6) is 0 Å². The van der Waals surface area contributed by atoms with Gasteiger partial charge in [0.15, 0.2) is 5.66 Å². The van der Waals surface area contributed by atoms with Gasteiger partial charge in [0.05, 0.1) is 55.7 Å². The molecule has 30 heavy (non-hydrogen) atoms. The van der Waals surface area contributed by atoms with E-state index in [9.17, 15) is 9.59 Å². The van der Waals surface area contributed by atoms with Gasteiger partial charge in [-0.1, -0.05) is 0 Å². The molecule has 1 aromatic heterocycles. The van der Waals surface area contributed by atoms with Crippen molar-refractivity contribution in [3.63, 3.8) is 0 Å². The van der Waals surface area contributed by atoms with Crippen LogP contribution in [0.2, 0.25) is 0 Å². The van der Waals surface area contributed by atoms with Gasteiger partial charge in [0.25, 0.3) is 5.91 Å². The van der Waals surface area contributed by atoms with Gasteiger partial charge in [0.2, 0.25) is 0 Å². The van der Waals surface area contributed by atoms with Crippen molar-refractivity contribution in [3.05, 3.63) is 22.4 Å². The number of ether oxygens (including phenoxy) is 2. The molecule has 0 radical (unpaired) electrons. The van der Waals surface area contributed by atoms with E-state index < -0.39 is 5.66 Å². The summed E-state index contributed by atoms with van der Waals surface area (Å²) in [5.74, 6) is -0.163. The number of rotatable bonds is 10. The highest BCUT2D eigenvalue weighted by molar-refractivity contribution is 9.10. The van der Waals surface area contributed by atoms with Crippen molar-refractivity contribution < 1.29 is 19.1 Å². The fraction of sp³-hybridized carbons (Fsp3) is 0.579. The monoisotopic (exact) mass is 480 g/mol. The summed E-state index contributed by atoms with van der Waals surface area (Å²) in [4.78, 5) is 35.1. The molecule has 0 bridgehead atoms. The van der Waals surface area contributed by atoms with Crippen molar-refractivity contribution in [2.75, 3.05) is 39.5 Å². The molecule has 11 heteroatoms. The van der Waals surface area contributed by atoms with Gasteiger partial charge in [-0.3, -0.25) is 19.7 Å². The summed E-state index contributed by atoms with van der Waals surface area (Å²) in [5, 5.41) is 6.06. The lowest BCUT2D eigenvalue weighted by molar-refractivity contribution is 0.0359. The average molecular weight is 481 g/mol. The van der Waals surface area contributed by atoms with Crippen LogP contribution in [0.4, 0.5) is 4.79 Å². The summed E-state index contributed by atoms with van der Waals surface area (Å²) < 4.78 is 13.8. The molecule has 162 valence electrons. The zero-order valence-electron chi connectivity index (χ0n) is 16.6. The van der Waals surface area contributed by atoms with Crippen molar-refractivity contribution in [3.8, 4) is 0 Å². The third-order valence-electron chi connectivity index (χ3n) is 6.00. The second-order valence-electron chi connectivity index (χ2n) is 7.47. The molecule has 1 saturated carbocycles. The minimum absolute atomic E-state index is 0.0477. The predicted molar refractivity (Wildman–Crippen MR) is 114 cm³/mol. The Balaban J connectivity index is 1.43. The highest BCUT2D eigenvalue weighted by Gasteiger charge is 2.64. The Bertz CT molecular complexity index is 860. The van der Waals surface area contributed by atoms with Crippen LogP contribution in [0, 0.1) is 0 Å². The number of nitrogens with one attached hydrogen (secondary N) is 2. The molecule has 2 N–H and O–H groups in total. The highest BCUT2D eigenvalue weighted by atomic mass is 79.9. The third kappa shape index (κ3) is 3.34. The maximum Gasteiger partial charge on any atom is 0.319 e. The molecule has 3 amide bonds. The number of hydrogen-bond acceptors (Lipinski definition) is 6. The quantitative estimate of drug-likeness (QED) is 0.381. The number of aromatic nitrogens is 1. The van der Waals surface area contributed by atoms with Crippen LogP contribution in [0.3, 0.4) is 0 Å². The lowest BCUT2D eigenvalue weighted by Crippen LogP contribution is -2.56. The first-order valence-electron chi connectivity index (χ1n) is 9.85. The van der Waals surface area contributed by atoms with E-state index in [1.807, 2.05) is 10.6 Å². The van der Waals surface area contributed by atoms with Gasteiger partial charge in [0, 0.05) is 13.0 Å². The average Bonchev–Trinajstić information content (AvgIpc) is 3.34. The second-order valence-corrected chi connectivity index (χ2v) is 8.28. The molecule has 3 heterocycles. The van der Waals surface area contributed by atoms with Gasteiger partial charge in [0.1, 0.15) is 5.69 Å². The summed E-state index contributed by atoms with van der Waals surface area (Å²) in [6, 6.07) is 2.73. The fourth-order valence-corrected chi connectivity index (χ4v) is 5.28. The van der Waals surface area contributed by atoms with Gasteiger partial charge in [-0.25, -0.2) is 4.79 Å². The molecule has 0 aromatic carbocycles. The lowest BCUT2D eigenvalue weighted by atomic mass is 10.0. The number of nitrogens with zero attached hydrogens (tertiary/aromatic N) is 4. The molecule has 4 atom stereocenters. The number of halogens is 1. The smallest absolute Gasteiger partial charge is 0.319 e. The molecule has 0 spiro atoms. The maximum atomic E-state index is 12.7. The van der Waals surface area contributed by atoms with Crippen molar-refractivity contribution in [1.82, 2.24) is 20.1 Å². The first kappa shape index (κ1) is 21.0. The van der Waals surface area contributed by atoms with Crippen LogP contribution in [-0.4, -0.2) is 92.1 Å². The van der Waals surface area contributed by atoms with Gasteiger partial charge < -0.3 is 24.7 Å². The summed E-state index contributed by atoms with van der Waals surface area (Å²) in [5.41, 5.74) is -0.254. The number of carbonyl (C=O) groups excluding carboxylic acids is 2. The summed E-state index contributed by atoms with van der Waals surface area (Å²) in [6.45, 7) is 9.85. The molecule has 2 aliphatic heterocycles. The van der Waals surface area contributed by atoms with Crippen molar-refractivity contribution >= 4 is 41.3 Å². The van der Waals surface area contributed by atoms with E-state index in [4.69, 9.17) is 9.47 Å².